The van der Waals surface area contributed by atoms with Crippen LogP contribution in [0.2, 0.25) is 0 Å². The van der Waals surface area contributed by atoms with Crippen LogP contribution in [0.1, 0.15) is 56.8 Å². The van der Waals surface area contributed by atoms with Crippen molar-refractivity contribution in [1.82, 2.24) is 5.32 Å². The molecule has 0 unspecified atom stereocenters. The highest BCUT2D eigenvalue weighted by molar-refractivity contribution is 9.10. The standard InChI is InChI=1S/C23H29BrN2O3S/c1-4-5-6-9-14-28-20-13-12-17(15-18(20)24)22(27)26-23(30)25-19-10-7-8-11-21(19)29-16(2)3/h7-8,10-13,15-16H,4-6,9,14H2,1-3H3,(H2,25,26,27,30). The van der Waals surface area contributed by atoms with Crippen molar-refractivity contribution in [2.75, 3.05) is 11.9 Å². The Morgan fingerprint density at radius 3 is 2.57 bits per heavy atom. The van der Waals surface area contributed by atoms with E-state index >= 15 is 0 Å². The van der Waals surface area contributed by atoms with Gasteiger partial charge in [0.05, 0.1) is 22.9 Å². The molecule has 0 saturated carbocycles. The van der Waals surface area contributed by atoms with Crippen LogP contribution in [-0.2, 0) is 0 Å². The third kappa shape index (κ3) is 7.95. The van der Waals surface area contributed by atoms with E-state index < -0.39 is 0 Å². The molecule has 0 aliphatic heterocycles. The average Bonchev–Trinajstić information content (AvgIpc) is 2.70. The molecule has 5 nitrogen and oxygen atoms in total. The normalized spacial score (nSPS) is 10.6. The van der Waals surface area contributed by atoms with Crippen molar-refractivity contribution < 1.29 is 14.3 Å². The number of para-hydroxylation sites is 2. The molecule has 2 rings (SSSR count). The fourth-order valence-electron chi connectivity index (χ4n) is 2.73. The second-order valence-electron chi connectivity index (χ2n) is 7.13. The lowest BCUT2D eigenvalue weighted by Gasteiger charge is -2.16. The fourth-order valence-corrected chi connectivity index (χ4v) is 3.42. The minimum atomic E-state index is -0.301. The summed E-state index contributed by atoms with van der Waals surface area (Å²) >= 11 is 8.78. The molecular formula is C23H29BrN2O3S. The fraction of sp³-hybridized carbons (Fsp3) is 0.391. The van der Waals surface area contributed by atoms with E-state index in [9.17, 15) is 4.79 Å². The number of halogens is 1. The number of carbonyl (C=O) groups is 1. The molecule has 2 aromatic carbocycles. The van der Waals surface area contributed by atoms with Crippen LogP contribution in [0.15, 0.2) is 46.9 Å². The number of carbonyl (C=O) groups excluding carboxylic acids is 1. The molecule has 0 bridgehead atoms. The van der Waals surface area contributed by atoms with E-state index in [0.29, 0.717) is 23.6 Å². The van der Waals surface area contributed by atoms with Crippen molar-refractivity contribution >= 4 is 44.9 Å². The van der Waals surface area contributed by atoms with Gasteiger partial charge in [0.1, 0.15) is 11.5 Å². The Labute approximate surface area is 192 Å². The first-order valence-electron chi connectivity index (χ1n) is 10.2. The Morgan fingerprint density at radius 2 is 1.87 bits per heavy atom. The zero-order valence-electron chi connectivity index (χ0n) is 17.7. The number of ether oxygens (including phenoxy) is 2. The number of nitrogens with one attached hydrogen (secondary N) is 2. The number of benzene rings is 2. The minimum Gasteiger partial charge on any atom is -0.492 e. The average molecular weight is 493 g/mol. The monoisotopic (exact) mass is 492 g/mol. The first-order valence-corrected chi connectivity index (χ1v) is 11.4. The quantitative estimate of drug-likeness (QED) is 0.300. The Kier molecular flexibility index (Phi) is 10.1. The number of anilines is 1. The summed E-state index contributed by atoms with van der Waals surface area (Å²) in [6.45, 7) is 6.75. The van der Waals surface area contributed by atoms with Crippen LogP contribution < -0.4 is 20.1 Å². The third-order valence-corrected chi connectivity index (χ3v) is 5.00. The topological polar surface area (TPSA) is 59.6 Å². The SMILES string of the molecule is CCCCCCOc1ccc(C(=O)NC(=S)Nc2ccccc2OC(C)C)cc1Br. The number of unbranched alkanes of at least 4 members (excludes halogenated alkanes) is 3. The molecule has 2 aromatic rings. The largest absolute Gasteiger partial charge is 0.492 e. The molecular weight excluding hydrogens is 464 g/mol. The summed E-state index contributed by atoms with van der Waals surface area (Å²) in [5.74, 6) is 1.10. The van der Waals surface area contributed by atoms with Gasteiger partial charge >= 0.3 is 0 Å². The predicted octanol–water partition coefficient (Wildman–Crippen LogP) is 6.32. The second-order valence-corrected chi connectivity index (χ2v) is 8.39. The van der Waals surface area contributed by atoms with Gasteiger partial charge in [-0.25, -0.2) is 0 Å². The van der Waals surface area contributed by atoms with E-state index in [1.54, 1.807) is 18.2 Å². The highest BCUT2D eigenvalue weighted by Crippen LogP contribution is 2.27. The van der Waals surface area contributed by atoms with Gasteiger partial charge in [0.15, 0.2) is 5.11 Å². The lowest BCUT2D eigenvalue weighted by Crippen LogP contribution is -2.34. The molecule has 0 radical (unpaired) electrons. The van der Waals surface area contributed by atoms with Crippen molar-refractivity contribution in [2.45, 2.75) is 52.6 Å². The first kappa shape index (κ1) is 24.2. The summed E-state index contributed by atoms with van der Waals surface area (Å²) in [4.78, 5) is 12.6. The number of hydrogen-bond acceptors (Lipinski definition) is 4. The molecule has 0 heterocycles. The summed E-state index contributed by atoms with van der Waals surface area (Å²) in [5.41, 5.74) is 1.18. The van der Waals surface area contributed by atoms with Crippen LogP contribution in [0.25, 0.3) is 0 Å². The zero-order chi connectivity index (χ0) is 21.9. The molecule has 0 spiro atoms. The van der Waals surface area contributed by atoms with E-state index in [1.165, 1.54) is 12.8 Å². The molecule has 0 atom stereocenters. The van der Waals surface area contributed by atoms with Crippen molar-refractivity contribution in [1.29, 1.82) is 0 Å². The lowest BCUT2D eigenvalue weighted by atomic mass is 10.2. The Hall–Kier alpha value is -2.12. The summed E-state index contributed by atoms with van der Waals surface area (Å²) in [6, 6.07) is 12.7. The molecule has 0 saturated heterocycles. The van der Waals surface area contributed by atoms with Gasteiger partial charge in [-0.1, -0.05) is 38.3 Å². The summed E-state index contributed by atoms with van der Waals surface area (Å²) in [7, 11) is 0. The van der Waals surface area contributed by atoms with Crippen LogP contribution in [0.3, 0.4) is 0 Å². The van der Waals surface area contributed by atoms with E-state index in [0.717, 1.165) is 23.1 Å². The molecule has 2 N–H and O–H groups in total. The predicted molar refractivity (Wildman–Crippen MR) is 130 cm³/mol. The Balaban J connectivity index is 1.93. The van der Waals surface area contributed by atoms with Gasteiger partial charge in [0.2, 0.25) is 0 Å². The Morgan fingerprint density at radius 1 is 1.10 bits per heavy atom. The first-order chi connectivity index (χ1) is 14.4. The third-order valence-electron chi connectivity index (χ3n) is 4.17. The van der Waals surface area contributed by atoms with Gasteiger partial charge in [-0.3, -0.25) is 10.1 Å². The van der Waals surface area contributed by atoms with Crippen LogP contribution in [0.4, 0.5) is 5.69 Å². The van der Waals surface area contributed by atoms with Gasteiger partial charge < -0.3 is 14.8 Å². The van der Waals surface area contributed by atoms with Crippen LogP contribution >= 0.6 is 28.1 Å². The van der Waals surface area contributed by atoms with E-state index in [1.807, 2.05) is 38.1 Å². The number of hydrogen-bond donors (Lipinski definition) is 2. The lowest BCUT2D eigenvalue weighted by molar-refractivity contribution is 0.0977. The van der Waals surface area contributed by atoms with Crippen LogP contribution in [-0.4, -0.2) is 23.7 Å². The zero-order valence-corrected chi connectivity index (χ0v) is 20.1. The van der Waals surface area contributed by atoms with Crippen LogP contribution in [0.5, 0.6) is 11.5 Å². The number of thiocarbonyl (C=S) groups is 1. The maximum absolute atomic E-state index is 12.6. The minimum absolute atomic E-state index is 0.0286. The molecule has 0 aliphatic rings. The molecule has 0 fully saturated rings. The summed E-state index contributed by atoms with van der Waals surface area (Å²) < 4.78 is 12.3. The van der Waals surface area contributed by atoms with Crippen LogP contribution in [0, 0.1) is 0 Å². The van der Waals surface area contributed by atoms with Gasteiger partial charge in [0, 0.05) is 5.56 Å². The summed E-state index contributed by atoms with van der Waals surface area (Å²) in [5, 5.41) is 5.93. The second kappa shape index (κ2) is 12.5. The molecule has 7 heteroatoms. The molecule has 1 amide bonds. The molecule has 30 heavy (non-hydrogen) atoms. The maximum Gasteiger partial charge on any atom is 0.257 e. The van der Waals surface area contributed by atoms with E-state index in [4.69, 9.17) is 21.7 Å². The van der Waals surface area contributed by atoms with E-state index in [-0.39, 0.29) is 17.1 Å². The van der Waals surface area contributed by atoms with Crippen molar-refractivity contribution in [3.05, 3.63) is 52.5 Å². The van der Waals surface area contributed by atoms with Gasteiger partial charge in [-0.2, -0.15) is 0 Å². The van der Waals surface area contributed by atoms with Gasteiger partial charge in [-0.05, 0) is 78.7 Å². The smallest absolute Gasteiger partial charge is 0.257 e. The van der Waals surface area contributed by atoms with Gasteiger partial charge in [0.25, 0.3) is 5.91 Å². The van der Waals surface area contributed by atoms with Crippen molar-refractivity contribution in [3.8, 4) is 11.5 Å². The van der Waals surface area contributed by atoms with E-state index in [2.05, 4.69) is 33.5 Å². The highest BCUT2D eigenvalue weighted by atomic mass is 79.9. The number of amides is 1. The molecule has 0 aromatic heterocycles. The molecule has 0 aliphatic carbocycles. The van der Waals surface area contributed by atoms with Crippen molar-refractivity contribution in [2.24, 2.45) is 0 Å². The maximum atomic E-state index is 12.6. The Bertz CT molecular complexity index is 858. The number of rotatable bonds is 10. The van der Waals surface area contributed by atoms with Gasteiger partial charge in [-0.15, -0.1) is 0 Å². The van der Waals surface area contributed by atoms with Crippen molar-refractivity contribution in [3.63, 3.8) is 0 Å². The molecule has 162 valence electrons. The highest BCUT2D eigenvalue weighted by Gasteiger charge is 2.13. The summed E-state index contributed by atoms with van der Waals surface area (Å²) in [6.07, 6.45) is 4.61.